The van der Waals surface area contributed by atoms with Crippen LogP contribution in [0.25, 0.3) is 0 Å². The summed E-state index contributed by atoms with van der Waals surface area (Å²) in [6.07, 6.45) is -6.76. The third kappa shape index (κ3) is 8.24. The Balaban J connectivity index is 3.62. The molecule has 2 nitrogen and oxygen atoms in total. The van der Waals surface area contributed by atoms with E-state index in [1.54, 1.807) is 18.8 Å². The lowest BCUT2D eigenvalue weighted by atomic mass is 10.3. The van der Waals surface area contributed by atoms with Crippen LogP contribution in [0.2, 0.25) is 0 Å². The fraction of sp³-hybridized carbons (Fsp3) is 1.00. The number of hydrogen-bond donors (Lipinski definition) is 1. The summed E-state index contributed by atoms with van der Waals surface area (Å²) in [6, 6.07) is 0. The lowest BCUT2D eigenvalue weighted by molar-refractivity contribution is -0.207. The maximum absolute atomic E-state index is 12.0. The van der Waals surface area contributed by atoms with E-state index in [2.05, 4.69) is 13.8 Å². The van der Waals surface area contributed by atoms with Crippen molar-refractivity contribution in [2.45, 2.75) is 26.1 Å². The van der Waals surface area contributed by atoms with Gasteiger partial charge in [0.25, 0.3) is 0 Å². The molecule has 0 aromatic carbocycles. The van der Waals surface area contributed by atoms with E-state index in [-0.39, 0.29) is 6.54 Å². The maximum Gasteiger partial charge on any atom is 0.415 e. The van der Waals surface area contributed by atoms with Crippen molar-refractivity contribution in [3.05, 3.63) is 0 Å². The summed E-state index contributed by atoms with van der Waals surface area (Å²) in [5.41, 5.74) is 0. The zero-order chi connectivity index (χ0) is 12.8. The Kier molecular flexibility index (Phi) is 7.43. The van der Waals surface area contributed by atoms with Crippen molar-refractivity contribution in [3.8, 4) is 0 Å². The molecule has 0 rings (SSSR count). The summed E-state index contributed by atoms with van der Waals surface area (Å²) in [5.74, 6) is 2.39. The number of hydrogen-bond acceptors (Lipinski definition) is 3. The van der Waals surface area contributed by atoms with Crippen molar-refractivity contribution < 1.29 is 18.3 Å². The summed E-state index contributed by atoms with van der Waals surface area (Å²) >= 11 is 1.72. The molecule has 0 aliphatic carbocycles. The third-order valence-corrected chi connectivity index (χ3v) is 3.30. The van der Waals surface area contributed by atoms with E-state index >= 15 is 0 Å². The van der Waals surface area contributed by atoms with Gasteiger partial charge in [0.1, 0.15) is 0 Å². The van der Waals surface area contributed by atoms with Gasteiger partial charge in [-0.05, 0) is 18.7 Å². The molecule has 0 aliphatic rings. The summed E-state index contributed by atoms with van der Waals surface area (Å²) < 4.78 is 36.1. The van der Waals surface area contributed by atoms with Crippen molar-refractivity contribution in [3.63, 3.8) is 0 Å². The molecule has 0 bridgehead atoms. The molecule has 98 valence electrons. The Hall–Kier alpha value is 0.0600. The Morgan fingerprint density at radius 1 is 1.31 bits per heavy atom. The highest BCUT2D eigenvalue weighted by molar-refractivity contribution is 7.99. The van der Waals surface area contributed by atoms with Crippen LogP contribution in [0.4, 0.5) is 13.2 Å². The number of nitrogens with zero attached hydrogens (tertiary/aromatic N) is 1. The molecule has 0 fully saturated rings. The van der Waals surface area contributed by atoms with Crippen molar-refractivity contribution in [1.82, 2.24) is 4.90 Å². The smallest absolute Gasteiger partial charge is 0.382 e. The first-order valence-corrected chi connectivity index (χ1v) is 6.40. The van der Waals surface area contributed by atoms with Crippen LogP contribution in [0.3, 0.4) is 0 Å². The van der Waals surface area contributed by atoms with E-state index in [4.69, 9.17) is 5.11 Å². The van der Waals surface area contributed by atoms with Crippen molar-refractivity contribution in [1.29, 1.82) is 0 Å². The first kappa shape index (κ1) is 16.1. The van der Waals surface area contributed by atoms with E-state index < -0.39 is 12.3 Å². The second-order valence-electron chi connectivity index (χ2n) is 4.29. The van der Waals surface area contributed by atoms with E-state index in [9.17, 15) is 13.2 Å². The van der Waals surface area contributed by atoms with Crippen LogP contribution in [0.15, 0.2) is 0 Å². The molecule has 0 aromatic heterocycles. The highest BCUT2D eigenvalue weighted by atomic mass is 32.2. The van der Waals surface area contributed by atoms with Gasteiger partial charge in [0.15, 0.2) is 6.10 Å². The first-order valence-electron chi connectivity index (χ1n) is 5.24. The molecule has 0 heterocycles. The van der Waals surface area contributed by atoms with Gasteiger partial charge < -0.3 is 10.0 Å². The van der Waals surface area contributed by atoms with E-state index in [0.29, 0.717) is 12.5 Å². The summed E-state index contributed by atoms with van der Waals surface area (Å²) in [5, 5.41) is 8.83. The Morgan fingerprint density at radius 3 is 2.31 bits per heavy atom. The van der Waals surface area contributed by atoms with E-state index in [1.165, 1.54) is 4.90 Å². The SMILES string of the molecule is CC(C)CSCCN(C)CC(O)C(F)(F)F. The molecular weight excluding hydrogens is 239 g/mol. The maximum atomic E-state index is 12.0. The van der Waals surface area contributed by atoms with Crippen LogP contribution in [0.1, 0.15) is 13.8 Å². The third-order valence-electron chi connectivity index (χ3n) is 1.93. The second-order valence-corrected chi connectivity index (χ2v) is 5.44. The van der Waals surface area contributed by atoms with E-state index in [0.717, 1.165) is 11.5 Å². The average Bonchev–Trinajstić information content (AvgIpc) is 2.10. The van der Waals surface area contributed by atoms with Gasteiger partial charge in [0.05, 0.1) is 0 Å². The molecule has 0 aliphatic heterocycles. The lowest BCUT2D eigenvalue weighted by Crippen LogP contribution is -2.40. The van der Waals surface area contributed by atoms with Crippen molar-refractivity contribution >= 4 is 11.8 Å². The molecular formula is C10H20F3NOS. The molecule has 16 heavy (non-hydrogen) atoms. The van der Waals surface area contributed by atoms with Gasteiger partial charge in [-0.2, -0.15) is 24.9 Å². The highest BCUT2D eigenvalue weighted by Crippen LogP contribution is 2.20. The summed E-state index contributed by atoms with van der Waals surface area (Å²) in [6.45, 7) is 4.41. The quantitative estimate of drug-likeness (QED) is 0.709. The molecule has 0 aromatic rings. The lowest BCUT2D eigenvalue weighted by Gasteiger charge is -2.22. The summed E-state index contributed by atoms with van der Waals surface area (Å²) in [4.78, 5) is 1.51. The van der Waals surface area contributed by atoms with Crippen molar-refractivity contribution in [2.24, 2.45) is 5.92 Å². The standard InChI is InChI=1S/C10H20F3NOS/c1-8(2)7-16-5-4-14(3)6-9(15)10(11,12)13/h8-9,15H,4-7H2,1-3H3. The second kappa shape index (κ2) is 7.40. The number of thioether (sulfide) groups is 1. The molecule has 0 spiro atoms. The van der Waals surface area contributed by atoms with Crippen LogP contribution in [-0.2, 0) is 0 Å². The van der Waals surface area contributed by atoms with Gasteiger partial charge >= 0.3 is 6.18 Å². The number of likely N-dealkylation sites (N-methyl/N-ethyl adjacent to an activating group) is 1. The minimum Gasteiger partial charge on any atom is -0.382 e. The van der Waals surface area contributed by atoms with Crippen LogP contribution in [0.5, 0.6) is 0 Å². The predicted octanol–water partition coefficient (Wildman–Crippen LogP) is 2.23. The number of aliphatic hydroxyl groups excluding tert-OH is 1. The molecule has 6 heteroatoms. The van der Waals surface area contributed by atoms with E-state index in [1.807, 2.05) is 0 Å². The normalized spacial score (nSPS) is 14.8. The molecule has 0 saturated carbocycles. The topological polar surface area (TPSA) is 23.5 Å². The highest BCUT2D eigenvalue weighted by Gasteiger charge is 2.38. The number of halogens is 3. The molecule has 1 atom stereocenters. The minimum absolute atomic E-state index is 0.355. The first-order chi connectivity index (χ1) is 7.23. The Morgan fingerprint density at radius 2 is 1.88 bits per heavy atom. The zero-order valence-corrected chi connectivity index (χ0v) is 10.7. The Labute approximate surface area is 99.2 Å². The number of aliphatic hydroxyl groups is 1. The fourth-order valence-electron chi connectivity index (χ4n) is 1.03. The van der Waals surface area contributed by atoms with Crippen LogP contribution in [-0.4, -0.2) is 53.9 Å². The van der Waals surface area contributed by atoms with Crippen LogP contribution >= 0.6 is 11.8 Å². The average molecular weight is 259 g/mol. The van der Waals surface area contributed by atoms with Gasteiger partial charge in [0, 0.05) is 18.8 Å². The Bertz CT molecular complexity index is 187. The monoisotopic (exact) mass is 259 g/mol. The summed E-state index contributed by atoms with van der Waals surface area (Å²) in [7, 11) is 1.59. The zero-order valence-electron chi connectivity index (χ0n) is 9.92. The van der Waals surface area contributed by atoms with Gasteiger partial charge in [-0.1, -0.05) is 13.8 Å². The molecule has 0 saturated heterocycles. The molecule has 1 N–H and O–H groups in total. The fourth-order valence-corrected chi connectivity index (χ4v) is 2.11. The molecule has 1 unspecified atom stereocenters. The number of rotatable bonds is 7. The van der Waals surface area contributed by atoms with Gasteiger partial charge in [-0.15, -0.1) is 0 Å². The van der Waals surface area contributed by atoms with Crippen LogP contribution < -0.4 is 0 Å². The largest absolute Gasteiger partial charge is 0.415 e. The van der Waals surface area contributed by atoms with Crippen LogP contribution in [0, 0.1) is 5.92 Å². The van der Waals surface area contributed by atoms with Crippen molar-refractivity contribution in [2.75, 3.05) is 31.6 Å². The molecule has 0 amide bonds. The predicted molar refractivity (Wildman–Crippen MR) is 61.7 cm³/mol. The molecule has 0 radical (unpaired) electrons. The van der Waals surface area contributed by atoms with Gasteiger partial charge in [-0.3, -0.25) is 0 Å². The van der Waals surface area contributed by atoms with Gasteiger partial charge in [0.2, 0.25) is 0 Å². The number of alkyl halides is 3. The minimum atomic E-state index is -4.51. The van der Waals surface area contributed by atoms with Gasteiger partial charge in [-0.25, -0.2) is 0 Å².